The Hall–Kier alpha value is -0.560. The van der Waals surface area contributed by atoms with Crippen molar-refractivity contribution in [1.29, 1.82) is 0 Å². The van der Waals surface area contributed by atoms with Gasteiger partial charge in [-0.2, -0.15) is 0 Å². The van der Waals surface area contributed by atoms with Gasteiger partial charge in [-0.05, 0) is 33.5 Å². The minimum Gasteiger partial charge on any atom is -0.377 e. The molecule has 3 nitrogen and oxygen atoms in total. The van der Waals surface area contributed by atoms with Gasteiger partial charge < -0.3 is 10.0 Å². The molecule has 1 saturated carbocycles. The van der Waals surface area contributed by atoms with Crippen molar-refractivity contribution >= 4 is 0 Å². The van der Waals surface area contributed by atoms with Gasteiger partial charge in [0.1, 0.15) is 5.60 Å². The molecule has 1 N–H and O–H groups in total. The Balaban J connectivity index is 2.13. The number of hydrogen-bond donors (Lipinski definition) is 1. The maximum atomic E-state index is 11.0. The number of aliphatic hydroxyl groups is 1. The summed E-state index contributed by atoms with van der Waals surface area (Å²) in [7, 11) is 4.03. The Bertz CT molecular complexity index is 357. The lowest BCUT2D eigenvalue weighted by Crippen LogP contribution is -2.58. The first-order valence-corrected chi connectivity index (χ1v) is 7.68. The van der Waals surface area contributed by atoms with Crippen LogP contribution in [0, 0.1) is 17.8 Å². The second-order valence-electron chi connectivity index (χ2n) is 6.30. The number of fused-ring (bicyclic) bond motifs is 1. The van der Waals surface area contributed by atoms with E-state index in [4.69, 9.17) is 0 Å². The molecule has 1 saturated heterocycles. The first-order chi connectivity index (χ1) is 9.07. The summed E-state index contributed by atoms with van der Waals surface area (Å²) < 4.78 is 0. The molecule has 1 aliphatic carbocycles. The average molecular weight is 264 g/mol. The summed E-state index contributed by atoms with van der Waals surface area (Å²) in [6.45, 7) is 5.05. The van der Waals surface area contributed by atoms with Gasteiger partial charge in [0.05, 0.1) is 6.54 Å². The van der Waals surface area contributed by atoms with E-state index in [0.717, 1.165) is 32.5 Å². The van der Waals surface area contributed by atoms with E-state index in [2.05, 4.69) is 28.6 Å². The topological polar surface area (TPSA) is 26.7 Å². The summed E-state index contributed by atoms with van der Waals surface area (Å²) in [5.41, 5.74) is -0.743. The van der Waals surface area contributed by atoms with Crippen LogP contribution >= 0.6 is 0 Å². The Morgan fingerprint density at radius 2 is 2.05 bits per heavy atom. The molecule has 108 valence electrons. The van der Waals surface area contributed by atoms with E-state index in [-0.39, 0.29) is 0 Å². The SMILES string of the molecule is CCN1CC[C@](O)(C#CCN(C)C)[C@H]2CCCC[C@@H]21. The van der Waals surface area contributed by atoms with E-state index >= 15 is 0 Å². The van der Waals surface area contributed by atoms with Gasteiger partial charge in [0, 0.05) is 24.9 Å². The first-order valence-electron chi connectivity index (χ1n) is 7.68. The predicted octanol–water partition coefficient (Wildman–Crippen LogP) is 1.57. The van der Waals surface area contributed by atoms with Crippen LogP contribution < -0.4 is 0 Å². The highest BCUT2D eigenvalue weighted by molar-refractivity contribution is 5.20. The Morgan fingerprint density at radius 3 is 2.74 bits per heavy atom. The molecule has 0 aromatic rings. The van der Waals surface area contributed by atoms with E-state index in [1.807, 2.05) is 14.1 Å². The van der Waals surface area contributed by atoms with Crippen molar-refractivity contribution in [3.8, 4) is 11.8 Å². The third kappa shape index (κ3) is 3.31. The molecule has 0 unspecified atom stereocenters. The van der Waals surface area contributed by atoms with Gasteiger partial charge in [0.15, 0.2) is 0 Å². The molecule has 0 aromatic carbocycles. The summed E-state index contributed by atoms with van der Waals surface area (Å²) in [6.07, 6.45) is 5.72. The van der Waals surface area contributed by atoms with Crippen LogP contribution in [0.5, 0.6) is 0 Å². The fraction of sp³-hybridized carbons (Fsp3) is 0.875. The predicted molar refractivity (Wildman–Crippen MR) is 78.9 cm³/mol. The van der Waals surface area contributed by atoms with Crippen molar-refractivity contribution in [2.45, 2.75) is 50.7 Å². The molecule has 1 aliphatic heterocycles. The molecule has 0 radical (unpaired) electrons. The minimum absolute atomic E-state index is 0.351. The van der Waals surface area contributed by atoms with Gasteiger partial charge >= 0.3 is 0 Å². The van der Waals surface area contributed by atoms with Gasteiger partial charge in [-0.1, -0.05) is 31.6 Å². The average Bonchev–Trinajstić information content (AvgIpc) is 2.39. The zero-order chi connectivity index (χ0) is 13.9. The number of piperidine rings is 1. The molecular weight excluding hydrogens is 236 g/mol. The van der Waals surface area contributed by atoms with Crippen LogP contribution in [0.1, 0.15) is 39.0 Å². The van der Waals surface area contributed by atoms with Crippen LogP contribution in [0.15, 0.2) is 0 Å². The molecule has 0 amide bonds. The van der Waals surface area contributed by atoms with Crippen LogP contribution in [0.25, 0.3) is 0 Å². The third-order valence-electron chi connectivity index (χ3n) is 4.70. The molecule has 2 fully saturated rings. The number of rotatable bonds is 2. The van der Waals surface area contributed by atoms with Crippen molar-refractivity contribution in [2.24, 2.45) is 5.92 Å². The molecular formula is C16H28N2O. The Morgan fingerprint density at radius 1 is 1.32 bits per heavy atom. The third-order valence-corrected chi connectivity index (χ3v) is 4.70. The van der Waals surface area contributed by atoms with E-state index in [1.54, 1.807) is 0 Å². The second-order valence-corrected chi connectivity index (χ2v) is 6.30. The van der Waals surface area contributed by atoms with Gasteiger partial charge in [-0.3, -0.25) is 4.90 Å². The fourth-order valence-electron chi connectivity index (χ4n) is 3.67. The lowest BCUT2D eigenvalue weighted by atomic mass is 9.69. The van der Waals surface area contributed by atoms with Gasteiger partial charge in [-0.15, -0.1) is 0 Å². The summed E-state index contributed by atoms with van der Waals surface area (Å²) in [5, 5.41) is 11.0. The number of nitrogens with zero attached hydrogens (tertiary/aromatic N) is 2. The zero-order valence-electron chi connectivity index (χ0n) is 12.7. The Labute approximate surface area is 118 Å². The van der Waals surface area contributed by atoms with E-state index in [0.29, 0.717) is 12.0 Å². The summed E-state index contributed by atoms with van der Waals surface area (Å²) >= 11 is 0. The molecule has 1 heterocycles. The van der Waals surface area contributed by atoms with Crippen LogP contribution in [0.4, 0.5) is 0 Å². The molecule has 3 atom stereocenters. The van der Waals surface area contributed by atoms with Gasteiger partial charge in [-0.25, -0.2) is 0 Å². The maximum absolute atomic E-state index is 11.0. The van der Waals surface area contributed by atoms with E-state index < -0.39 is 5.60 Å². The highest BCUT2D eigenvalue weighted by Gasteiger charge is 2.46. The molecule has 0 spiro atoms. The zero-order valence-corrected chi connectivity index (χ0v) is 12.7. The quantitative estimate of drug-likeness (QED) is 0.767. The van der Waals surface area contributed by atoms with Crippen molar-refractivity contribution < 1.29 is 5.11 Å². The van der Waals surface area contributed by atoms with Gasteiger partial charge in [0.25, 0.3) is 0 Å². The first kappa shape index (κ1) is 14.8. The molecule has 2 rings (SSSR count). The minimum atomic E-state index is -0.743. The summed E-state index contributed by atoms with van der Waals surface area (Å²) in [5.74, 6) is 6.73. The number of likely N-dealkylation sites (tertiary alicyclic amines) is 1. The molecule has 0 aromatic heterocycles. The summed E-state index contributed by atoms with van der Waals surface area (Å²) in [4.78, 5) is 4.60. The van der Waals surface area contributed by atoms with Crippen LogP contribution in [-0.2, 0) is 0 Å². The van der Waals surface area contributed by atoms with Crippen LogP contribution in [0.3, 0.4) is 0 Å². The monoisotopic (exact) mass is 264 g/mol. The lowest BCUT2D eigenvalue weighted by Gasteiger charge is -2.50. The smallest absolute Gasteiger partial charge is 0.131 e. The highest BCUT2D eigenvalue weighted by Crippen LogP contribution is 2.41. The molecule has 2 aliphatic rings. The van der Waals surface area contributed by atoms with Gasteiger partial charge in [0.2, 0.25) is 0 Å². The van der Waals surface area contributed by atoms with E-state index in [9.17, 15) is 5.11 Å². The van der Waals surface area contributed by atoms with Crippen molar-refractivity contribution in [3.63, 3.8) is 0 Å². The van der Waals surface area contributed by atoms with Crippen molar-refractivity contribution in [1.82, 2.24) is 9.80 Å². The van der Waals surface area contributed by atoms with Crippen molar-refractivity contribution in [2.75, 3.05) is 33.7 Å². The molecule has 3 heteroatoms. The molecule has 0 bridgehead atoms. The largest absolute Gasteiger partial charge is 0.377 e. The van der Waals surface area contributed by atoms with Crippen molar-refractivity contribution in [3.05, 3.63) is 0 Å². The summed E-state index contributed by atoms with van der Waals surface area (Å²) in [6, 6.07) is 0.547. The molecule has 19 heavy (non-hydrogen) atoms. The van der Waals surface area contributed by atoms with Crippen LogP contribution in [0.2, 0.25) is 0 Å². The lowest BCUT2D eigenvalue weighted by molar-refractivity contribution is -0.0765. The maximum Gasteiger partial charge on any atom is 0.131 e. The second kappa shape index (κ2) is 6.26. The fourth-order valence-corrected chi connectivity index (χ4v) is 3.67. The Kier molecular flexibility index (Phi) is 4.89. The number of hydrogen-bond acceptors (Lipinski definition) is 3. The normalized spacial score (nSPS) is 35.6. The standard InChI is InChI=1S/C16H28N2O/c1-4-18-13-11-16(19,10-7-12-17(2)3)14-8-5-6-9-15(14)18/h14-15,19H,4-6,8-9,11-13H2,1-3H3/t14-,15-,16+/m0/s1. The van der Waals surface area contributed by atoms with Crippen LogP contribution in [-0.4, -0.2) is 60.3 Å². The highest BCUT2D eigenvalue weighted by atomic mass is 16.3. The van der Waals surface area contributed by atoms with E-state index in [1.165, 1.54) is 19.3 Å².